The predicted molar refractivity (Wildman–Crippen MR) is 74.4 cm³/mol. The Labute approximate surface area is 115 Å². The van der Waals surface area contributed by atoms with Crippen LogP contribution in [0.5, 0.6) is 0 Å². The van der Waals surface area contributed by atoms with E-state index in [-0.39, 0.29) is 24.1 Å². The summed E-state index contributed by atoms with van der Waals surface area (Å²) in [4.78, 5) is 10.3. The summed E-state index contributed by atoms with van der Waals surface area (Å²) < 4.78 is 0.484. The summed E-state index contributed by atoms with van der Waals surface area (Å²) >= 11 is 3.15. The third kappa shape index (κ3) is 4.61. The molecule has 0 aliphatic heterocycles. The molecule has 1 atom stereocenters. The number of nitrogens with zero attached hydrogens (tertiary/aromatic N) is 1. The Morgan fingerprint density at radius 3 is 2.53 bits per heavy atom. The quantitative estimate of drug-likeness (QED) is 0.676. The molecule has 0 heterocycles. The molecule has 0 unspecified atom stereocenters. The Hall–Kier alpha value is -0.650. The average molecular weight is 324 g/mol. The molecule has 0 saturated heterocycles. The van der Waals surface area contributed by atoms with Crippen LogP contribution in [0.4, 0.5) is 5.69 Å². The van der Waals surface area contributed by atoms with Crippen LogP contribution in [0.3, 0.4) is 0 Å². The summed E-state index contributed by atoms with van der Waals surface area (Å²) in [7, 11) is 0. The predicted octanol–water partition coefficient (Wildman–Crippen LogP) is 3.83. The number of rotatable bonds is 4. The van der Waals surface area contributed by atoms with Crippen LogP contribution in [0.15, 0.2) is 22.7 Å². The van der Waals surface area contributed by atoms with Gasteiger partial charge >= 0.3 is 0 Å². The van der Waals surface area contributed by atoms with E-state index in [1.807, 2.05) is 6.07 Å². The molecule has 4 nitrogen and oxygen atoms in total. The molecule has 0 amide bonds. The topological polar surface area (TPSA) is 69.2 Å². The lowest BCUT2D eigenvalue weighted by molar-refractivity contribution is -0.385. The van der Waals surface area contributed by atoms with Gasteiger partial charge in [0.15, 0.2) is 0 Å². The molecule has 0 bridgehead atoms. The zero-order chi connectivity index (χ0) is 12.3. The number of halogens is 2. The van der Waals surface area contributed by atoms with Gasteiger partial charge in [-0.05, 0) is 39.9 Å². The van der Waals surface area contributed by atoms with Crippen molar-refractivity contribution in [3.63, 3.8) is 0 Å². The number of nitro benzene ring substituents is 1. The van der Waals surface area contributed by atoms with E-state index in [0.29, 0.717) is 10.4 Å². The maximum atomic E-state index is 10.8. The summed E-state index contributed by atoms with van der Waals surface area (Å²) in [6.45, 7) is 4.15. The molecule has 1 rings (SSSR count). The van der Waals surface area contributed by atoms with Crippen molar-refractivity contribution in [1.82, 2.24) is 0 Å². The minimum atomic E-state index is -0.407. The first-order chi connectivity index (χ1) is 7.41. The van der Waals surface area contributed by atoms with Crippen LogP contribution in [0.25, 0.3) is 0 Å². The monoisotopic (exact) mass is 322 g/mol. The maximum absolute atomic E-state index is 10.8. The highest BCUT2D eigenvalue weighted by molar-refractivity contribution is 9.10. The number of nitro groups is 1. The van der Waals surface area contributed by atoms with E-state index in [1.165, 1.54) is 6.07 Å². The van der Waals surface area contributed by atoms with E-state index >= 15 is 0 Å². The highest BCUT2D eigenvalue weighted by atomic mass is 79.9. The van der Waals surface area contributed by atoms with Gasteiger partial charge in [-0.25, -0.2) is 0 Å². The minimum Gasteiger partial charge on any atom is -0.324 e. The van der Waals surface area contributed by atoms with Crippen LogP contribution in [-0.2, 0) is 0 Å². The fourth-order valence-corrected chi connectivity index (χ4v) is 1.94. The first-order valence-corrected chi connectivity index (χ1v) is 5.90. The van der Waals surface area contributed by atoms with E-state index in [4.69, 9.17) is 5.73 Å². The van der Waals surface area contributed by atoms with Crippen molar-refractivity contribution in [2.45, 2.75) is 26.3 Å². The number of hydrogen-bond donors (Lipinski definition) is 1. The van der Waals surface area contributed by atoms with Gasteiger partial charge < -0.3 is 5.73 Å². The molecule has 2 N–H and O–H groups in total. The van der Waals surface area contributed by atoms with Crippen molar-refractivity contribution in [3.8, 4) is 0 Å². The highest BCUT2D eigenvalue weighted by Crippen LogP contribution is 2.29. The van der Waals surface area contributed by atoms with E-state index in [0.717, 1.165) is 12.0 Å². The van der Waals surface area contributed by atoms with Crippen LogP contribution in [0.1, 0.15) is 31.9 Å². The molecule has 17 heavy (non-hydrogen) atoms. The standard InChI is InChI=1S/C11H15BrN2O2.ClH/c1-7(2)5-10(13)8-3-4-9(12)11(6-8)14(15)16;/h3-4,6-7,10H,5,13H2,1-2H3;1H/t10-;/m1./s1. The third-order valence-electron chi connectivity index (χ3n) is 2.32. The second kappa shape index (κ2) is 6.93. The normalized spacial score (nSPS) is 12.1. The molecule has 0 radical (unpaired) electrons. The number of hydrogen-bond acceptors (Lipinski definition) is 3. The fourth-order valence-electron chi connectivity index (χ4n) is 1.54. The average Bonchev–Trinajstić information content (AvgIpc) is 2.16. The van der Waals surface area contributed by atoms with E-state index in [9.17, 15) is 10.1 Å². The SMILES string of the molecule is CC(C)C[C@@H](N)c1ccc(Br)c([N+](=O)[O-])c1.Cl. The smallest absolute Gasteiger partial charge is 0.283 e. The molecular formula is C11H16BrClN2O2. The van der Waals surface area contributed by atoms with Crippen LogP contribution >= 0.6 is 28.3 Å². The van der Waals surface area contributed by atoms with E-state index in [2.05, 4.69) is 29.8 Å². The lowest BCUT2D eigenvalue weighted by Crippen LogP contribution is -2.13. The Bertz CT molecular complexity index is 399. The Balaban J connectivity index is 0.00000256. The van der Waals surface area contributed by atoms with Crippen molar-refractivity contribution < 1.29 is 4.92 Å². The van der Waals surface area contributed by atoms with Gasteiger partial charge in [0.1, 0.15) is 0 Å². The van der Waals surface area contributed by atoms with E-state index in [1.54, 1.807) is 6.07 Å². The van der Waals surface area contributed by atoms with Gasteiger partial charge in [0.2, 0.25) is 0 Å². The van der Waals surface area contributed by atoms with Gasteiger partial charge in [-0.2, -0.15) is 0 Å². The van der Waals surface area contributed by atoms with Crippen LogP contribution in [0.2, 0.25) is 0 Å². The van der Waals surface area contributed by atoms with Gasteiger partial charge in [-0.15, -0.1) is 12.4 Å². The zero-order valence-corrected chi connectivity index (χ0v) is 12.1. The Kier molecular flexibility index (Phi) is 6.67. The molecule has 96 valence electrons. The molecule has 0 saturated carbocycles. The molecule has 0 spiro atoms. The highest BCUT2D eigenvalue weighted by Gasteiger charge is 2.16. The molecule has 0 aliphatic rings. The third-order valence-corrected chi connectivity index (χ3v) is 2.99. The van der Waals surface area contributed by atoms with Gasteiger partial charge in [0.05, 0.1) is 9.40 Å². The van der Waals surface area contributed by atoms with E-state index < -0.39 is 4.92 Å². The zero-order valence-electron chi connectivity index (χ0n) is 9.72. The molecule has 6 heteroatoms. The summed E-state index contributed by atoms with van der Waals surface area (Å²) in [5, 5.41) is 10.8. The summed E-state index contributed by atoms with van der Waals surface area (Å²) in [5.41, 5.74) is 6.85. The molecular weight excluding hydrogens is 307 g/mol. The molecule has 0 aromatic heterocycles. The van der Waals surface area contributed by atoms with Crippen molar-refractivity contribution in [3.05, 3.63) is 38.3 Å². The molecule has 0 aliphatic carbocycles. The second-order valence-corrected chi connectivity index (χ2v) is 5.06. The summed E-state index contributed by atoms with van der Waals surface area (Å²) in [5.74, 6) is 0.470. The molecule has 0 fully saturated rings. The largest absolute Gasteiger partial charge is 0.324 e. The first-order valence-electron chi connectivity index (χ1n) is 5.11. The molecule has 1 aromatic carbocycles. The van der Waals surface area contributed by atoms with Crippen LogP contribution in [0, 0.1) is 16.0 Å². The Morgan fingerprint density at radius 1 is 1.47 bits per heavy atom. The van der Waals surface area contributed by atoms with Gasteiger partial charge in [-0.1, -0.05) is 19.9 Å². The van der Waals surface area contributed by atoms with Gasteiger partial charge in [0, 0.05) is 12.1 Å². The van der Waals surface area contributed by atoms with Gasteiger partial charge in [0.25, 0.3) is 5.69 Å². The van der Waals surface area contributed by atoms with Gasteiger partial charge in [-0.3, -0.25) is 10.1 Å². The number of benzene rings is 1. The maximum Gasteiger partial charge on any atom is 0.283 e. The number of nitrogens with two attached hydrogens (primary N) is 1. The summed E-state index contributed by atoms with van der Waals surface area (Å²) in [6, 6.07) is 4.89. The van der Waals surface area contributed by atoms with Crippen molar-refractivity contribution in [1.29, 1.82) is 0 Å². The summed E-state index contributed by atoms with van der Waals surface area (Å²) in [6.07, 6.45) is 0.818. The van der Waals surface area contributed by atoms with Crippen molar-refractivity contribution >= 4 is 34.0 Å². The molecule has 1 aromatic rings. The Morgan fingerprint density at radius 2 is 2.06 bits per heavy atom. The van der Waals surface area contributed by atoms with Crippen molar-refractivity contribution in [2.24, 2.45) is 11.7 Å². The first kappa shape index (κ1) is 16.4. The lowest BCUT2D eigenvalue weighted by atomic mass is 9.97. The fraction of sp³-hybridized carbons (Fsp3) is 0.455. The lowest BCUT2D eigenvalue weighted by Gasteiger charge is -2.14. The van der Waals surface area contributed by atoms with Crippen molar-refractivity contribution in [2.75, 3.05) is 0 Å². The van der Waals surface area contributed by atoms with Crippen LogP contribution < -0.4 is 5.73 Å². The second-order valence-electron chi connectivity index (χ2n) is 4.20. The minimum absolute atomic E-state index is 0. The van der Waals surface area contributed by atoms with Crippen LogP contribution in [-0.4, -0.2) is 4.92 Å².